The molecule has 1 fully saturated rings. The summed E-state index contributed by atoms with van der Waals surface area (Å²) in [6, 6.07) is 4.55. The van der Waals surface area contributed by atoms with Gasteiger partial charge in [-0.25, -0.2) is 9.83 Å². The molecule has 4 nitrogen and oxygen atoms in total. The summed E-state index contributed by atoms with van der Waals surface area (Å²) in [5.41, 5.74) is 2.74. The quantitative estimate of drug-likeness (QED) is 0.780. The third-order valence-corrected chi connectivity index (χ3v) is 6.16. The van der Waals surface area contributed by atoms with E-state index in [-0.39, 0.29) is 0 Å². The Hall–Kier alpha value is -1.77. The summed E-state index contributed by atoms with van der Waals surface area (Å²) in [5.74, 6) is 0. The SMILES string of the molecule is [C-]#[N+]c1ccc(-c2nc3c(s2)CCN(C2CCCC2)CC3)nc1. The van der Waals surface area contributed by atoms with E-state index in [1.54, 1.807) is 17.5 Å². The Morgan fingerprint density at radius 1 is 1.17 bits per heavy atom. The van der Waals surface area contributed by atoms with Gasteiger partial charge in [0.1, 0.15) is 5.01 Å². The number of aromatic nitrogens is 2. The van der Waals surface area contributed by atoms with Crippen molar-refractivity contribution in [3.63, 3.8) is 0 Å². The molecule has 0 saturated heterocycles. The molecule has 1 saturated carbocycles. The van der Waals surface area contributed by atoms with Gasteiger partial charge in [-0.2, -0.15) is 0 Å². The first-order valence-corrected chi connectivity index (χ1v) is 9.21. The lowest BCUT2D eigenvalue weighted by molar-refractivity contribution is 0.208. The van der Waals surface area contributed by atoms with E-state index < -0.39 is 0 Å². The monoisotopic (exact) mass is 324 g/mol. The third-order valence-electron chi connectivity index (χ3n) is 4.98. The van der Waals surface area contributed by atoms with Crippen LogP contribution in [-0.2, 0) is 12.8 Å². The highest BCUT2D eigenvalue weighted by molar-refractivity contribution is 7.15. The van der Waals surface area contributed by atoms with Crippen LogP contribution in [-0.4, -0.2) is 34.0 Å². The molecular weight excluding hydrogens is 304 g/mol. The van der Waals surface area contributed by atoms with Crippen LogP contribution in [0.15, 0.2) is 18.3 Å². The van der Waals surface area contributed by atoms with Gasteiger partial charge in [0.15, 0.2) is 0 Å². The predicted octanol–water partition coefficient (Wildman–Crippen LogP) is 4.10. The summed E-state index contributed by atoms with van der Waals surface area (Å²) in [6.45, 7) is 9.32. The van der Waals surface area contributed by atoms with Crippen molar-refractivity contribution in [1.29, 1.82) is 0 Å². The van der Waals surface area contributed by atoms with Crippen molar-refractivity contribution in [3.05, 3.63) is 40.3 Å². The average molecular weight is 324 g/mol. The van der Waals surface area contributed by atoms with Crippen LogP contribution in [0, 0.1) is 6.57 Å². The Bertz CT molecular complexity index is 697. The average Bonchev–Trinajstić information content (AvgIpc) is 3.22. The minimum Gasteiger partial charge on any atom is -0.300 e. The Labute approximate surface area is 141 Å². The molecule has 0 N–H and O–H groups in total. The molecule has 0 atom stereocenters. The van der Waals surface area contributed by atoms with Crippen molar-refractivity contribution in [2.75, 3.05) is 13.1 Å². The van der Waals surface area contributed by atoms with Gasteiger partial charge in [0.25, 0.3) is 0 Å². The van der Waals surface area contributed by atoms with Crippen LogP contribution < -0.4 is 0 Å². The van der Waals surface area contributed by atoms with Gasteiger partial charge in [-0.05, 0) is 25.3 Å². The van der Waals surface area contributed by atoms with E-state index in [1.165, 1.54) is 42.8 Å². The van der Waals surface area contributed by atoms with Crippen molar-refractivity contribution >= 4 is 17.0 Å². The molecule has 2 aromatic heterocycles. The van der Waals surface area contributed by atoms with Gasteiger partial charge in [0.05, 0.1) is 18.0 Å². The standard InChI is InChI=1S/C18H20N4S/c1-19-13-6-7-16(20-12-13)18-21-15-8-10-22(11-9-17(15)23-18)14-4-2-3-5-14/h6-7,12,14H,2-5,8-11H2. The van der Waals surface area contributed by atoms with E-state index in [0.29, 0.717) is 5.69 Å². The van der Waals surface area contributed by atoms with Crippen molar-refractivity contribution in [1.82, 2.24) is 14.9 Å². The zero-order chi connectivity index (χ0) is 15.6. The Morgan fingerprint density at radius 2 is 2.00 bits per heavy atom. The summed E-state index contributed by atoms with van der Waals surface area (Å²) in [5, 5.41) is 1.00. The van der Waals surface area contributed by atoms with Crippen LogP contribution in [0.25, 0.3) is 15.5 Å². The van der Waals surface area contributed by atoms with Crippen LogP contribution >= 0.6 is 11.3 Å². The summed E-state index contributed by atoms with van der Waals surface area (Å²) in [4.78, 5) is 16.7. The van der Waals surface area contributed by atoms with Crippen LogP contribution in [0.1, 0.15) is 36.3 Å². The normalized spacial score (nSPS) is 19.3. The number of nitrogens with zero attached hydrogens (tertiary/aromatic N) is 4. The van der Waals surface area contributed by atoms with E-state index in [9.17, 15) is 0 Å². The maximum absolute atomic E-state index is 7.01. The minimum atomic E-state index is 0.582. The maximum atomic E-state index is 7.01. The van der Waals surface area contributed by atoms with E-state index in [1.807, 2.05) is 12.1 Å². The van der Waals surface area contributed by atoms with Crippen LogP contribution in [0.3, 0.4) is 0 Å². The Balaban J connectivity index is 1.51. The summed E-state index contributed by atoms with van der Waals surface area (Å²) >= 11 is 1.78. The number of hydrogen-bond donors (Lipinski definition) is 0. The molecule has 0 spiro atoms. The van der Waals surface area contributed by atoms with Crippen LogP contribution in [0.2, 0.25) is 0 Å². The zero-order valence-corrected chi connectivity index (χ0v) is 14.0. The van der Waals surface area contributed by atoms with Crippen LogP contribution in [0.4, 0.5) is 5.69 Å². The Kier molecular flexibility index (Phi) is 4.11. The fraction of sp³-hybridized carbons (Fsp3) is 0.500. The molecule has 118 valence electrons. The van der Waals surface area contributed by atoms with E-state index >= 15 is 0 Å². The molecule has 4 rings (SSSR count). The molecule has 0 unspecified atom stereocenters. The molecule has 5 heteroatoms. The maximum Gasteiger partial charge on any atom is 0.205 e. The van der Waals surface area contributed by atoms with Crippen molar-refractivity contribution in [2.45, 2.75) is 44.6 Å². The van der Waals surface area contributed by atoms with Crippen molar-refractivity contribution in [2.24, 2.45) is 0 Å². The fourth-order valence-corrected chi connectivity index (χ4v) is 4.78. The highest BCUT2D eigenvalue weighted by Crippen LogP contribution is 2.32. The highest BCUT2D eigenvalue weighted by Gasteiger charge is 2.26. The van der Waals surface area contributed by atoms with Gasteiger partial charge < -0.3 is 0 Å². The van der Waals surface area contributed by atoms with E-state index in [0.717, 1.165) is 36.1 Å². The number of fused-ring (bicyclic) bond motifs is 1. The third kappa shape index (κ3) is 3.01. The van der Waals surface area contributed by atoms with Gasteiger partial charge >= 0.3 is 0 Å². The topological polar surface area (TPSA) is 33.4 Å². The molecule has 1 aliphatic heterocycles. The second-order valence-corrected chi connectivity index (χ2v) is 7.46. The van der Waals surface area contributed by atoms with Gasteiger partial charge in [-0.15, -0.1) is 11.3 Å². The summed E-state index contributed by atoms with van der Waals surface area (Å²) in [6.07, 6.45) is 9.37. The van der Waals surface area contributed by atoms with Gasteiger partial charge in [0.2, 0.25) is 5.69 Å². The highest BCUT2D eigenvalue weighted by atomic mass is 32.1. The number of rotatable bonds is 2. The minimum absolute atomic E-state index is 0.582. The summed E-state index contributed by atoms with van der Waals surface area (Å²) in [7, 11) is 0. The van der Waals surface area contributed by atoms with Crippen molar-refractivity contribution < 1.29 is 0 Å². The molecule has 1 aliphatic carbocycles. The van der Waals surface area contributed by atoms with Gasteiger partial charge in [-0.1, -0.05) is 18.9 Å². The first-order valence-electron chi connectivity index (χ1n) is 8.40. The lowest BCUT2D eigenvalue weighted by atomic mass is 10.2. The predicted molar refractivity (Wildman–Crippen MR) is 92.8 cm³/mol. The second-order valence-electron chi connectivity index (χ2n) is 6.38. The van der Waals surface area contributed by atoms with Gasteiger partial charge in [0, 0.05) is 36.6 Å². The van der Waals surface area contributed by atoms with Gasteiger partial charge in [-0.3, -0.25) is 9.88 Å². The number of thiazole rings is 1. The second kappa shape index (κ2) is 6.38. The van der Waals surface area contributed by atoms with Crippen molar-refractivity contribution in [3.8, 4) is 10.7 Å². The lowest BCUT2D eigenvalue weighted by Gasteiger charge is -2.26. The number of hydrogen-bond acceptors (Lipinski definition) is 4. The summed E-state index contributed by atoms with van der Waals surface area (Å²) < 4.78 is 0. The van der Waals surface area contributed by atoms with E-state index in [2.05, 4.69) is 14.7 Å². The smallest absolute Gasteiger partial charge is 0.205 e. The first kappa shape index (κ1) is 14.8. The molecule has 3 heterocycles. The number of pyridine rings is 1. The lowest BCUT2D eigenvalue weighted by Crippen LogP contribution is -2.35. The molecule has 0 bridgehead atoms. The molecule has 0 aromatic carbocycles. The zero-order valence-electron chi connectivity index (χ0n) is 13.2. The molecule has 0 radical (unpaired) electrons. The molecule has 23 heavy (non-hydrogen) atoms. The molecule has 2 aliphatic rings. The molecule has 0 amide bonds. The molecular formula is C18H20N4S. The largest absolute Gasteiger partial charge is 0.300 e. The Morgan fingerprint density at radius 3 is 2.74 bits per heavy atom. The van der Waals surface area contributed by atoms with Crippen LogP contribution in [0.5, 0.6) is 0 Å². The first-order chi connectivity index (χ1) is 11.3. The van der Waals surface area contributed by atoms with E-state index in [4.69, 9.17) is 11.6 Å². The molecule has 2 aromatic rings. The fourth-order valence-electron chi connectivity index (χ4n) is 3.70.